The Hall–Kier alpha value is -4.67. The number of nitrogens with one attached hydrogen (secondary N) is 2. The van der Waals surface area contributed by atoms with Gasteiger partial charge in [-0.1, -0.05) is 60.7 Å². The van der Waals surface area contributed by atoms with E-state index < -0.39 is 22.1 Å². The topological polar surface area (TPSA) is 105 Å². The zero-order chi connectivity index (χ0) is 30.4. The molecule has 10 heteroatoms. The lowest BCUT2D eigenvalue weighted by Gasteiger charge is -2.27. The van der Waals surface area contributed by atoms with E-state index in [1.165, 1.54) is 11.0 Å². The highest BCUT2D eigenvalue weighted by Gasteiger charge is 2.28. The summed E-state index contributed by atoms with van der Waals surface area (Å²) in [5.74, 6) is 0.266. The minimum Gasteiger partial charge on any atom is -0.497 e. The minimum atomic E-state index is -4.25. The molecule has 0 saturated heterocycles. The number of hydrogen-bond donors (Lipinski definition) is 2. The number of carbonyl (C=O) groups excluding carboxylic acids is 2. The van der Waals surface area contributed by atoms with Gasteiger partial charge in [-0.15, -0.1) is 11.3 Å². The molecule has 0 fully saturated rings. The number of carbonyl (C=O) groups is 2. The minimum absolute atomic E-state index is 0.0604. The molecule has 3 amide bonds. The van der Waals surface area contributed by atoms with Crippen LogP contribution in [0.1, 0.15) is 12.5 Å². The van der Waals surface area contributed by atoms with Crippen LogP contribution in [0.4, 0.5) is 10.5 Å². The van der Waals surface area contributed by atoms with Gasteiger partial charge in [-0.25, -0.2) is 17.9 Å². The molecule has 8 nitrogen and oxygen atoms in total. The molecule has 2 N–H and O–H groups in total. The van der Waals surface area contributed by atoms with Crippen LogP contribution in [0.15, 0.2) is 113 Å². The summed E-state index contributed by atoms with van der Waals surface area (Å²) in [5, 5.41) is 5.63. The normalized spacial score (nSPS) is 12.0. The summed E-state index contributed by atoms with van der Waals surface area (Å²) in [6.45, 7) is 2.16. The number of urea groups is 1. The molecular formula is C33H31N3O5S2. The standard InChI is InChI=1S/C33H31N3O5S2/c1-3-36(25-16-18-26(41-2)19-17-25)32(37)30(20-23-10-5-4-6-11-23)34-33(38)35-43(39,40)27-13-9-12-24(21-27)29-22-42-31-15-8-7-14-28(29)31/h4-19,21-22,30H,3,20H2,1-2H3,(H2,34,35,38)/t30-/m0/s1. The van der Waals surface area contributed by atoms with Crippen molar-refractivity contribution in [2.24, 2.45) is 0 Å². The van der Waals surface area contributed by atoms with E-state index in [2.05, 4.69) is 10.0 Å². The molecule has 0 radical (unpaired) electrons. The van der Waals surface area contributed by atoms with Crippen molar-refractivity contribution in [1.29, 1.82) is 0 Å². The molecule has 5 rings (SSSR count). The van der Waals surface area contributed by atoms with E-state index in [0.717, 1.165) is 26.8 Å². The van der Waals surface area contributed by atoms with Crippen LogP contribution in [0.25, 0.3) is 21.2 Å². The van der Waals surface area contributed by atoms with Crippen molar-refractivity contribution in [3.8, 4) is 16.9 Å². The highest BCUT2D eigenvalue weighted by molar-refractivity contribution is 7.90. The van der Waals surface area contributed by atoms with Gasteiger partial charge in [0.1, 0.15) is 11.8 Å². The number of methoxy groups -OCH3 is 1. The quantitative estimate of drug-likeness (QED) is 0.194. The van der Waals surface area contributed by atoms with E-state index in [1.54, 1.807) is 54.8 Å². The Bertz CT molecular complexity index is 1840. The summed E-state index contributed by atoms with van der Waals surface area (Å²) in [6, 6.07) is 28.6. The molecule has 43 heavy (non-hydrogen) atoms. The molecule has 5 aromatic rings. The number of fused-ring (bicyclic) bond motifs is 1. The maximum Gasteiger partial charge on any atom is 0.329 e. The number of likely N-dealkylation sites (N-methyl/N-ethyl adjacent to an activating group) is 1. The smallest absolute Gasteiger partial charge is 0.329 e. The Morgan fingerprint density at radius 2 is 1.63 bits per heavy atom. The van der Waals surface area contributed by atoms with Crippen LogP contribution in [0.5, 0.6) is 5.75 Å². The summed E-state index contributed by atoms with van der Waals surface area (Å²) in [7, 11) is -2.69. The number of sulfonamides is 1. The van der Waals surface area contributed by atoms with Gasteiger partial charge < -0.3 is 15.0 Å². The first kappa shape index (κ1) is 29.8. The van der Waals surface area contributed by atoms with Gasteiger partial charge in [0.15, 0.2) is 0 Å². The number of hydrogen-bond acceptors (Lipinski definition) is 6. The fraction of sp³-hybridized carbons (Fsp3) is 0.152. The maximum atomic E-state index is 13.8. The van der Waals surface area contributed by atoms with Crippen LogP contribution in [-0.2, 0) is 21.2 Å². The van der Waals surface area contributed by atoms with Crippen molar-refractivity contribution < 1.29 is 22.7 Å². The largest absolute Gasteiger partial charge is 0.497 e. The van der Waals surface area contributed by atoms with Gasteiger partial charge in [-0.05, 0) is 65.9 Å². The Morgan fingerprint density at radius 3 is 2.35 bits per heavy atom. The van der Waals surface area contributed by atoms with E-state index >= 15 is 0 Å². The van der Waals surface area contributed by atoms with Crippen molar-refractivity contribution in [1.82, 2.24) is 10.0 Å². The number of ether oxygens (including phenoxy) is 1. The van der Waals surface area contributed by atoms with Crippen LogP contribution < -0.4 is 19.7 Å². The lowest BCUT2D eigenvalue weighted by atomic mass is 10.0. The van der Waals surface area contributed by atoms with Gasteiger partial charge in [0, 0.05) is 34.3 Å². The van der Waals surface area contributed by atoms with Gasteiger partial charge in [-0.2, -0.15) is 0 Å². The predicted molar refractivity (Wildman–Crippen MR) is 171 cm³/mol. The monoisotopic (exact) mass is 613 g/mol. The molecule has 0 aliphatic heterocycles. The number of rotatable bonds is 10. The third-order valence-electron chi connectivity index (χ3n) is 7.02. The Kier molecular flexibility index (Phi) is 9.08. The SMILES string of the molecule is CCN(C(=O)[C@H](Cc1ccccc1)NC(=O)NS(=O)(=O)c1cccc(-c2csc3ccccc23)c1)c1ccc(OC)cc1. The maximum absolute atomic E-state index is 13.8. The molecule has 1 aromatic heterocycles. The molecule has 1 heterocycles. The number of benzene rings is 4. The van der Waals surface area contributed by atoms with Crippen molar-refractivity contribution in [2.75, 3.05) is 18.6 Å². The van der Waals surface area contributed by atoms with Crippen molar-refractivity contribution in [2.45, 2.75) is 24.3 Å². The zero-order valence-corrected chi connectivity index (χ0v) is 25.3. The van der Waals surface area contributed by atoms with Gasteiger partial charge in [0.25, 0.3) is 10.0 Å². The van der Waals surface area contributed by atoms with Crippen LogP contribution >= 0.6 is 11.3 Å². The Balaban J connectivity index is 1.37. The second-order valence-corrected chi connectivity index (χ2v) is 12.4. The van der Waals surface area contributed by atoms with Crippen molar-refractivity contribution >= 4 is 49.1 Å². The van der Waals surface area contributed by atoms with Gasteiger partial charge in [-0.3, -0.25) is 4.79 Å². The summed E-state index contributed by atoms with van der Waals surface area (Å²) in [6.07, 6.45) is 0.167. The van der Waals surface area contributed by atoms with Crippen LogP contribution in [0.3, 0.4) is 0 Å². The average molecular weight is 614 g/mol. The van der Waals surface area contributed by atoms with Crippen LogP contribution in [-0.4, -0.2) is 40.1 Å². The fourth-order valence-corrected chi connectivity index (χ4v) is 6.80. The second kappa shape index (κ2) is 13.1. The first-order valence-electron chi connectivity index (χ1n) is 13.7. The van der Waals surface area contributed by atoms with E-state index in [9.17, 15) is 18.0 Å². The summed E-state index contributed by atoms with van der Waals surface area (Å²) in [5.41, 5.74) is 3.06. The van der Waals surface area contributed by atoms with Gasteiger partial charge >= 0.3 is 6.03 Å². The fourth-order valence-electron chi connectivity index (χ4n) is 4.87. The van der Waals surface area contributed by atoms with E-state index in [-0.39, 0.29) is 17.2 Å². The van der Waals surface area contributed by atoms with Crippen LogP contribution in [0, 0.1) is 0 Å². The molecule has 0 aliphatic rings. The molecular weight excluding hydrogens is 583 g/mol. The lowest BCUT2D eigenvalue weighted by Crippen LogP contribution is -2.53. The average Bonchev–Trinajstić information content (AvgIpc) is 3.46. The third kappa shape index (κ3) is 6.87. The van der Waals surface area contributed by atoms with Gasteiger partial charge in [0.05, 0.1) is 12.0 Å². The third-order valence-corrected chi connectivity index (χ3v) is 9.31. The van der Waals surface area contributed by atoms with E-state index in [4.69, 9.17) is 4.74 Å². The Labute approximate surface area is 255 Å². The lowest BCUT2D eigenvalue weighted by molar-refractivity contribution is -0.120. The number of thiophene rings is 1. The zero-order valence-electron chi connectivity index (χ0n) is 23.7. The van der Waals surface area contributed by atoms with Crippen molar-refractivity contribution in [3.05, 3.63) is 114 Å². The van der Waals surface area contributed by atoms with Gasteiger partial charge in [0.2, 0.25) is 5.91 Å². The number of amides is 3. The second-order valence-electron chi connectivity index (χ2n) is 9.78. The molecule has 0 bridgehead atoms. The molecule has 0 unspecified atom stereocenters. The summed E-state index contributed by atoms with van der Waals surface area (Å²) >= 11 is 1.58. The molecule has 4 aromatic carbocycles. The first-order valence-corrected chi connectivity index (χ1v) is 16.0. The molecule has 0 aliphatic carbocycles. The molecule has 0 spiro atoms. The highest BCUT2D eigenvalue weighted by atomic mass is 32.2. The van der Waals surface area contributed by atoms with E-state index in [1.807, 2.05) is 73.0 Å². The summed E-state index contributed by atoms with van der Waals surface area (Å²) in [4.78, 5) is 28.4. The predicted octanol–water partition coefficient (Wildman–Crippen LogP) is 6.23. The highest BCUT2D eigenvalue weighted by Crippen LogP contribution is 2.34. The van der Waals surface area contributed by atoms with Crippen molar-refractivity contribution in [3.63, 3.8) is 0 Å². The Morgan fingerprint density at radius 1 is 0.907 bits per heavy atom. The number of nitrogens with zero attached hydrogens (tertiary/aromatic N) is 1. The number of anilines is 1. The first-order chi connectivity index (χ1) is 20.8. The van der Waals surface area contributed by atoms with Crippen LogP contribution in [0.2, 0.25) is 0 Å². The van der Waals surface area contributed by atoms with E-state index in [0.29, 0.717) is 18.0 Å². The summed E-state index contributed by atoms with van der Waals surface area (Å²) < 4.78 is 35.1. The molecule has 0 saturated carbocycles. The molecule has 1 atom stereocenters. The molecule has 220 valence electrons.